The number of rotatable bonds is 6. The van der Waals surface area contributed by atoms with Crippen LogP contribution < -0.4 is 11.3 Å². The Bertz CT molecular complexity index is 604. The van der Waals surface area contributed by atoms with Gasteiger partial charge in [-0.25, -0.2) is 15.8 Å². The van der Waals surface area contributed by atoms with Crippen LogP contribution in [0.2, 0.25) is 0 Å². The molecule has 0 saturated carbocycles. The molecule has 0 amide bonds. The lowest BCUT2D eigenvalue weighted by Crippen LogP contribution is -2.22. The van der Waals surface area contributed by atoms with E-state index < -0.39 is 0 Å². The van der Waals surface area contributed by atoms with Crippen LogP contribution in [0.5, 0.6) is 0 Å². The molecular weight excluding hydrogens is 272 g/mol. The van der Waals surface area contributed by atoms with Gasteiger partial charge in [0.1, 0.15) is 6.61 Å². The van der Waals surface area contributed by atoms with Gasteiger partial charge >= 0.3 is 0 Å². The van der Waals surface area contributed by atoms with Crippen LogP contribution in [0, 0.1) is 0 Å². The SMILES string of the molecule is Cn1ncc2c(NN)nc(COCCOC(C)(C)C)nc21. The van der Waals surface area contributed by atoms with Crippen molar-refractivity contribution in [3.63, 3.8) is 0 Å². The molecular formula is C13H22N6O2. The van der Waals surface area contributed by atoms with E-state index in [1.807, 2.05) is 27.8 Å². The normalized spacial score (nSPS) is 12.0. The zero-order chi connectivity index (χ0) is 15.5. The predicted molar refractivity (Wildman–Crippen MR) is 79.5 cm³/mol. The monoisotopic (exact) mass is 294 g/mol. The number of hydrazine groups is 1. The fourth-order valence-corrected chi connectivity index (χ4v) is 1.81. The summed E-state index contributed by atoms with van der Waals surface area (Å²) in [5.41, 5.74) is 3.11. The van der Waals surface area contributed by atoms with Crippen LogP contribution in [0.15, 0.2) is 6.20 Å². The molecule has 0 aromatic carbocycles. The molecule has 116 valence electrons. The van der Waals surface area contributed by atoms with E-state index in [9.17, 15) is 0 Å². The van der Waals surface area contributed by atoms with Gasteiger partial charge in [-0.1, -0.05) is 0 Å². The van der Waals surface area contributed by atoms with Gasteiger partial charge in [0.15, 0.2) is 17.3 Å². The first-order valence-electron chi connectivity index (χ1n) is 6.77. The minimum atomic E-state index is -0.163. The number of anilines is 1. The van der Waals surface area contributed by atoms with Crippen molar-refractivity contribution in [1.29, 1.82) is 0 Å². The summed E-state index contributed by atoms with van der Waals surface area (Å²) in [6.07, 6.45) is 1.67. The first-order valence-corrected chi connectivity index (χ1v) is 6.77. The smallest absolute Gasteiger partial charge is 0.163 e. The van der Waals surface area contributed by atoms with Gasteiger partial charge in [0, 0.05) is 7.05 Å². The molecule has 0 bridgehead atoms. The second-order valence-electron chi connectivity index (χ2n) is 5.65. The molecule has 21 heavy (non-hydrogen) atoms. The summed E-state index contributed by atoms with van der Waals surface area (Å²) < 4.78 is 12.8. The summed E-state index contributed by atoms with van der Waals surface area (Å²) in [7, 11) is 1.82. The number of aromatic nitrogens is 4. The van der Waals surface area contributed by atoms with Crippen LogP contribution in [0.1, 0.15) is 26.6 Å². The van der Waals surface area contributed by atoms with Gasteiger partial charge in [0.2, 0.25) is 0 Å². The third kappa shape index (κ3) is 4.10. The molecule has 0 aliphatic carbocycles. The number of nitrogens with zero attached hydrogens (tertiary/aromatic N) is 4. The molecule has 2 rings (SSSR count). The maximum Gasteiger partial charge on any atom is 0.163 e. The summed E-state index contributed by atoms with van der Waals surface area (Å²) >= 11 is 0. The quantitative estimate of drug-likeness (QED) is 0.465. The third-order valence-electron chi connectivity index (χ3n) is 2.77. The van der Waals surface area contributed by atoms with Crippen LogP contribution in [-0.2, 0) is 23.1 Å². The summed E-state index contributed by atoms with van der Waals surface area (Å²) in [6.45, 7) is 7.32. The molecule has 0 aliphatic rings. The Balaban J connectivity index is 1.97. The number of fused-ring (bicyclic) bond motifs is 1. The van der Waals surface area contributed by atoms with Crippen LogP contribution in [0.3, 0.4) is 0 Å². The van der Waals surface area contributed by atoms with E-state index in [0.717, 1.165) is 5.39 Å². The molecule has 2 aromatic heterocycles. The molecule has 0 radical (unpaired) electrons. The Hall–Kier alpha value is -1.77. The number of nitrogens with two attached hydrogens (primary N) is 1. The molecule has 0 atom stereocenters. The van der Waals surface area contributed by atoms with Crippen molar-refractivity contribution in [2.24, 2.45) is 12.9 Å². The summed E-state index contributed by atoms with van der Waals surface area (Å²) in [5, 5.41) is 4.92. The van der Waals surface area contributed by atoms with Crippen LogP contribution in [-0.4, -0.2) is 38.6 Å². The van der Waals surface area contributed by atoms with Crippen molar-refractivity contribution in [3.05, 3.63) is 12.0 Å². The van der Waals surface area contributed by atoms with E-state index in [1.165, 1.54) is 0 Å². The van der Waals surface area contributed by atoms with Crippen LogP contribution in [0.25, 0.3) is 11.0 Å². The van der Waals surface area contributed by atoms with E-state index in [0.29, 0.717) is 37.1 Å². The summed E-state index contributed by atoms with van der Waals surface area (Å²) in [4.78, 5) is 8.73. The number of nitrogen functional groups attached to an aromatic ring is 1. The van der Waals surface area contributed by atoms with Crippen LogP contribution >= 0.6 is 0 Å². The van der Waals surface area contributed by atoms with Gasteiger partial charge in [-0.05, 0) is 20.8 Å². The number of hydrogen-bond acceptors (Lipinski definition) is 7. The zero-order valence-corrected chi connectivity index (χ0v) is 12.9. The molecule has 0 spiro atoms. The Morgan fingerprint density at radius 1 is 1.29 bits per heavy atom. The van der Waals surface area contributed by atoms with Gasteiger partial charge in [-0.3, -0.25) is 4.68 Å². The van der Waals surface area contributed by atoms with Crippen molar-refractivity contribution in [2.45, 2.75) is 33.0 Å². The highest BCUT2D eigenvalue weighted by molar-refractivity contribution is 5.86. The summed E-state index contributed by atoms with van der Waals surface area (Å²) in [5.74, 6) is 6.57. The van der Waals surface area contributed by atoms with Gasteiger partial charge in [0.25, 0.3) is 0 Å². The molecule has 0 aliphatic heterocycles. The Morgan fingerprint density at radius 3 is 2.71 bits per heavy atom. The van der Waals surface area contributed by atoms with Gasteiger partial charge in [-0.15, -0.1) is 0 Å². The van der Waals surface area contributed by atoms with E-state index in [-0.39, 0.29) is 5.60 Å². The summed E-state index contributed by atoms with van der Waals surface area (Å²) in [6, 6.07) is 0. The molecule has 0 saturated heterocycles. The largest absolute Gasteiger partial charge is 0.373 e. The maximum absolute atomic E-state index is 5.58. The second kappa shape index (κ2) is 6.33. The highest BCUT2D eigenvalue weighted by Gasteiger charge is 2.12. The van der Waals surface area contributed by atoms with Crippen molar-refractivity contribution < 1.29 is 9.47 Å². The van der Waals surface area contributed by atoms with Crippen LogP contribution in [0.4, 0.5) is 5.82 Å². The Kier molecular flexibility index (Phi) is 4.71. The zero-order valence-electron chi connectivity index (χ0n) is 12.9. The number of nitrogens with one attached hydrogen (secondary N) is 1. The molecule has 3 N–H and O–H groups in total. The number of ether oxygens (including phenoxy) is 2. The highest BCUT2D eigenvalue weighted by atomic mass is 16.5. The molecule has 0 unspecified atom stereocenters. The topological polar surface area (TPSA) is 100 Å². The average molecular weight is 294 g/mol. The van der Waals surface area contributed by atoms with E-state index in [1.54, 1.807) is 10.9 Å². The molecule has 0 fully saturated rings. The molecule has 8 nitrogen and oxygen atoms in total. The van der Waals surface area contributed by atoms with E-state index in [4.69, 9.17) is 15.3 Å². The Labute approximate surface area is 123 Å². The average Bonchev–Trinajstić information content (AvgIpc) is 2.78. The first-order chi connectivity index (χ1) is 9.90. The van der Waals surface area contributed by atoms with Crippen molar-refractivity contribution in [3.8, 4) is 0 Å². The van der Waals surface area contributed by atoms with Gasteiger partial charge in [0.05, 0.1) is 30.4 Å². The van der Waals surface area contributed by atoms with E-state index in [2.05, 4.69) is 20.5 Å². The van der Waals surface area contributed by atoms with Crippen molar-refractivity contribution in [1.82, 2.24) is 19.7 Å². The predicted octanol–water partition coefficient (Wildman–Crippen LogP) is 0.981. The van der Waals surface area contributed by atoms with Crippen molar-refractivity contribution in [2.75, 3.05) is 18.6 Å². The minimum absolute atomic E-state index is 0.163. The molecule has 2 aromatic rings. The lowest BCUT2D eigenvalue weighted by Gasteiger charge is -2.19. The fourth-order valence-electron chi connectivity index (χ4n) is 1.81. The van der Waals surface area contributed by atoms with Gasteiger partial charge < -0.3 is 14.9 Å². The lowest BCUT2D eigenvalue weighted by atomic mass is 10.2. The maximum atomic E-state index is 5.58. The lowest BCUT2D eigenvalue weighted by molar-refractivity contribution is -0.0383. The second-order valence-corrected chi connectivity index (χ2v) is 5.65. The third-order valence-corrected chi connectivity index (χ3v) is 2.77. The Morgan fingerprint density at radius 2 is 2.05 bits per heavy atom. The van der Waals surface area contributed by atoms with Gasteiger partial charge in [-0.2, -0.15) is 5.10 Å². The fraction of sp³-hybridized carbons (Fsp3) is 0.615. The van der Waals surface area contributed by atoms with Crippen molar-refractivity contribution >= 4 is 16.9 Å². The number of hydrogen-bond donors (Lipinski definition) is 2. The number of aryl methyl sites for hydroxylation is 1. The first kappa shape index (κ1) is 15.6. The standard InChI is InChI=1S/C13H22N6O2/c1-13(2,3)21-6-5-20-8-10-16-11(18-14)9-7-15-19(4)12(9)17-10/h7H,5-6,8,14H2,1-4H3,(H,16,17,18). The highest BCUT2D eigenvalue weighted by Crippen LogP contribution is 2.18. The van der Waals surface area contributed by atoms with E-state index >= 15 is 0 Å². The molecule has 2 heterocycles. The minimum Gasteiger partial charge on any atom is -0.373 e. The molecule has 8 heteroatoms.